The molecular weight excluding hydrogens is 316 g/mol. The highest BCUT2D eigenvalue weighted by Crippen LogP contribution is 2.20. The first-order valence-corrected chi connectivity index (χ1v) is 8.56. The molecule has 0 spiro atoms. The average molecular weight is 338 g/mol. The fraction of sp³-hybridized carbons (Fsp3) is 0.389. The number of benzene rings is 1. The highest BCUT2D eigenvalue weighted by Gasteiger charge is 2.23. The van der Waals surface area contributed by atoms with Crippen LogP contribution in [0.15, 0.2) is 36.9 Å². The van der Waals surface area contributed by atoms with E-state index in [1.54, 1.807) is 11.0 Å². The van der Waals surface area contributed by atoms with Gasteiger partial charge in [0.15, 0.2) is 0 Å². The molecule has 0 bridgehead atoms. The predicted molar refractivity (Wildman–Crippen MR) is 96.6 cm³/mol. The van der Waals surface area contributed by atoms with Gasteiger partial charge in [-0.2, -0.15) is 5.10 Å². The molecule has 25 heavy (non-hydrogen) atoms. The zero-order valence-corrected chi connectivity index (χ0v) is 14.5. The normalized spacial score (nSPS) is 17.8. The summed E-state index contributed by atoms with van der Waals surface area (Å²) in [4.78, 5) is 19.2. The molecule has 130 valence electrons. The van der Waals surface area contributed by atoms with Gasteiger partial charge in [-0.1, -0.05) is 0 Å². The van der Waals surface area contributed by atoms with Gasteiger partial charge in [0.2, 0.25) is 0 Å². The number of nitrogens with one attached hydrogen (secondary N) is 1. The lowest BCUT2D eigenvalue weighted by Crippen LogP contribution is -2.47. The molecular formula is C18H22N6O. The first kappa shape index (κ1) is 15.7. The first-order valence-electron chi connectivity index (χ1n) is 8.56. The number of nitrogens with zero attached hydrogens (tertiary/aromatic N) is 5. The van der Waals surface area contributed by atoms with Crippen LogP contribution in [0, 0.1) is 0 Å². The molecule has 0 radical (unpaired) electrons. The first-order chi connectivity index (χ1) is 12.1. The van der Waals surface area contributed by atoms with Crippen molar-refractivity contribution in [3.63, 3.8) is 0 Å². The standard InChI is InChI=1S/C18H22N6O/c1-22-12-19-16-8-13(5-6-17(16)22)18(25)21-14-4-3-7-24(10-14)15-9-20-23(2)11-15/h5-6,8-9,11-12,14H,3-4,7,10H2,1-2H3,(H,21,25). The zero-order chi connectivity index (χ0) is 17.4. The van der Waals surface area contributed by atoms with Gasteiger partial charge in [0.25, 0.3) is 5.91 Å². The Hall–Kier alpha value is -2.83. The molecule has 1 atom stereocenters. The van der Waals surface area contributed by atoms with Crippen molar-refractivity contribution >= 4 is 22.6 Å². The number of rotatable bonds is 3. The summed E-state index contributed by atoms with van der Waals surface area (Å²) in [6.07, 6.45) is 7.70. The lowest BCUT2D eigenvalue weighted by Gasteiger charge is -2.33. The molecule has 3 aromatic rings. The summed E-state index contributed by atoms with van der Waals surface area (Å²) in [5.41, 5.74) is 3.63. The molecule has 1 aliphatic rings. The zero-order valence-electron chi connectivity index (χ0n) is 14.5. The molecule has 1 N–H and O–H groups in total. The van der Waals surface area contributed by atoms with Gasteiger partial charge in [-0.25, -0.2) is 4.98 Å². The molecule has 1 amide bonds. The SMILES string of the molecule is Cn1cc(N2CCCC(NC(=O)c3ccc4c(c3)ncn4C)C2)cn1. The number of aryl methyl sites for hydroxylation is 2. The van der Waals surface area contributed by atoms with Crippen LogP contribution >= 0.6 is 0 Å². The Balaban J connectivity index is 1.45. The van der Waals surface area contributed by atoms with E-state index in [4.69, 9.17) is 0 Å². The van der Waals surface area contributed by atoms with Crippen LogP contribution in [0.2, 0.25) is 0 Å². The van der Waals surface area contributed by atoms with Gasteiger partial charge in [-0.05, 0) is 31.0 Å². The molecule has 2 aromatic heterocycles. The van der Waals surface area contributed by atoms with Crippen LogP contribution < -0.4 is 10.2 Å². The molecule has 7 nitrogen and oxygen atoms in total. The van der Waals surface area contributed by atoms with Crippen LogP contribution in [-0.4, -0.2) is 44.4 Å². The van der Waals surface area contributed by atoms with Gasteiger partial charge in [0, 0.05) is 45.0 Å². The maximum absolute atomic E-state index is 12.6. The molecule has 4 rings (SSSR count). The summed E-state index contributed by atoms with van der Waals surface area (Å²) >= 11 is 0. The molecule has 1 unspecified atom stereocenters. The molecule has 1 fully saturated rings. The van der Waals surface area contributed by atoms with E-state index in [0.717, 1.165) is 42.7 Å². The minimum Gasteiger partial charge on any atom is -0.367 e. The maximum Gasteiger partial charge on any atom is 0.251 e. The van der Waals surface area contributed by atoms with E-state index in [9.17, 15) is 4.79 Å². The molecule has 0 saturated carbocycles. The number of fused-ring (bicyclic) bond motifs is 1. The summed E-state index contributed by atoms with van der Waals surface area (Å²) in [5.74, 6) is -0.0365. The van der Waals surface area contributed by atoms with Crippen LogP contribution in [0.25, 0.3) is 11.0 Å². The number of piperidine rings is 1. The number of carbonyl (C=O) groups excluding carboxylic acids is 1. The smallest absolute Gasteiger partial charge is 0.251 e. The molecule has 1 saturated heterocycles. The number of hydrogen-bond donors (Lipinski definition) is 1. The fourth-order valence-electron chi connectivity index (χ4n) is 3.45. The largest absolute Gasteiger partial charge is 0.367 e. The highest BCUT2D eigenvalue weighted by molar-refractivity contribution is 5.97. The number of carbonyl (C=O) groups is 1. The van der Waals surface area contributed by atoms with E-state index in [0.29, 0.717) is 5.56 Å². The number of amides is 1. The van der Waals surface area contributed by atoms with E-state index in [1.807, 2.05) is 49.3 Å². The van der Waals surface area contributed by atoms with Crippen molar-refractivity contribution in [3.05, 3.63) is 42.5 Å². The van der Waals surface area contributed by atoms with Gasteiger partial charge >= 0.3 is 0 Å². The summed E-state index contributed by atoms with van der Waals surface area (Å²) in [6.45, 7) is 1.81. The minimum absolute atomic E-state index is 0.0365. The second kappa shape index (κ2) is 6.23. The summed E-state index contributed by atoms with van der Waals surface area (Å²) < 4.78 is 3.75. The fourth-order valence-corrected chi connectivity index (χ4v) is 3.45. The van der Waals surface area contributed by atoms with Crippen LogP contribution in [0.4, 0.5) is 5.69 Å². The monoisotopic (exact) mass is 338 g/mol. The Morgan fingerprint density at radius 3 is 3.00 bits per heavy atom. The predicted octanol–water partition coefficient (Wildman–Crippen LogP) is 1.71. The number of aromatic nitrogens is 4. The van der Waals surface area contributed by atoms with Crippen LogP contribution in [0.1, 0.15) is 23.2 Å². The number of imidazole rings is 1. The molecule has 7 heteroatoms. The van der Waals surface area contributed by atoms with Gasteiger partial charge in [-0.3, -0.25) is 9.48 Å². The van der Waals surface area contributed by atoms with Crippen molar-refractivity contribution in [3.8, 4) is 0 Å². The van der Waals surface area contributed by atoms with E-state index in [2.05, 4.69) is 20.3 Å². The van der Waals surface area contributed by atoms with Crippen molar-refractivity contribution in [2.45, 2.75) is 18.9 Å². The molecule has 1 aliphatic heterocycles. The van der Waals surface area contributed by atoms with E-state index in [1.165, 1.54) is 0 Å². The third kappa shape index (κ3) is 3.09. The van der Waals surface area contributed by atoms with Gasteiger partial charge in [-0.15, -0.1) is 0 Å². The topological polar surface area (TPSA) is 68.0 Å². The Morgan fingerprint density at radius 2 is 2.20 bits per heavy atom. The Kier molecular flexibility index (Phi) is 3.91. The van der Waals surface area contributed by atoms with Crippen molar-refractivity contribution in [1.82, 2.24) is 24.6 Å². The highest BCUT2D eigenvalue weighted by atomic mass is 16.1. The second-order valence-corrected chi connectivity index (χ2v) is 6.69. The van der Waals surface area contributed by atoms with Crippen LogP contribution in [0.5, 0.6) is 0 Å². The number of anilines is 1. The maximum atomic E-state index is 12.6. The van der Waals surface area contributed by atoms with E-state index >= 15 is 0 Å². The second-order valence-electron chi connectivity index (χ2n) is 6.69. The van der Waals surface area contributed by atoms with E-state index < -0.39 is 0 Å². The Morgan fingerprint density at radius 1 is 1.32 bits per heavy atom. The van der Waals surface area contributed by atoms with Crippen molar-refractivity contribution in [2.75, 3.05) is 18.0 Å². The lowest BCUT2D eigenvalue weighted by atomic mass is 10.0. The summed E-state index contributed by atoms with van der Waals surface area (Å²) in [6, 6.07) is 5.80. The van der Waals surface area contributed by atoms with E-state index in [-0.39, 0.29) is 11.9 Å². The van der Waals surface area contributed by atoms with Crippen molar-refractivity contribution < 1.29 is 4.79 Å². The van der Waals surface area contributed by atoms with Gasteiger partial charge in [0.05, 0.1) is 29.2 Å². The minimum atomic E-state index is -0.0365. The van der Waals surface area contributed by atoms with Gasteiger partial charge in [0.1, 0.15) is 0 Å². The Labute approximate surface area is 146 Å². The molecule has 1 aromatic carbocycles. The third-order valence-corrected chi connectivity index (χ3v) is 4.80. The quantitative estimate of drug-likeness (QED) is 0.789. The van der Waals surface area contributed by atoms with Crippen molar-refractivity contribution in [2.24, 2.45) is 14.1 Å². The summed E-state index contributed by atoms with van der Waals surface area (Å²) in [5, 5.41) is 7.41. The van der Waals surface area contributed by atoms with Crippen LogP contribution in [-0.2, 0) is 14.1 Å². The Bertz CT molecular complexity index is 911. The van der Waals surface area contributed by atoms with Gasteiger partial charge < -0.3 is 14.8 Å². The van der Waals surface area contributed by atoms with Crippen LogP contribution in [0.3, 0.4) is 0 Å². The lowest BCUT2D eigenvalue weighted by molar-refractivity contribution is 0.0933. The molecule has 0 aliphatic carbocycles. The van der Waals surface area contributed by atoms with Crippen molar-refractivity contribution in [1.29, 1.82) is 0 Å². The number of hydrogen-bond acceptors (Lipinski definition) is 4. The third-order valence-electron chi connectivity index (χ3n) is 4.80. The summed E-state index contributed by atoms with van der Waals surface area (Å²) in [7, 11) is 3.87. The molecule has 3 heterocycles. The average Bonchev–Trinajstić information content (AvgIpc) is 3.21.